The molecule has 0 unspecified atom stereocenters. The van der Waals surface area contributed by atoms with Crippen molar-refractivity contribution in [1.82, 2.24) is 20.1 Å². The number of rotatable bonds is 4. The van der Waals surface area contributed by atoms with Crippen LogP contribution >= 0.6 is 11.6 Å². The van der Waals surface area contributed by atoms with E-state index >= 15 is 0 Å². The van der Waals surface area contributed by atoms with Crippen LogP contribution in [-0.2, 0) is 6.54 Å². The molecule has 0 aliphatic rings. The number of nitrogens with zero attached hydrogens (tertiary/aromatic N) is 4. The normalized spacial score (nSPS) is 10.6. The van der Waals surface area contributed by atoms with Gasteiger partial charge < -0.3 is 9.84 Å². The van der Waals surface area contributed by atoms with Crippen LogP contribution in [0.15, 0.2) is 41.2 Å². The highest BCUT2D eigenvalue weighted by Crippen LogP contribution is 2.18. The quantitative estimate of drug-likeness (QED) is 0.746. The maximum atomic E-state index is 5.80. The van der Waals surface area contributed by atoms with Gasteiger partial charge in [-0.05, 0) is 24.6 Å². The highest BCUT2D eigenvalue weighted by Gasteiger charge is 2.05. The molecule has 2 heterocycles. The average molecular weight is 302 g/mol. The summed E-state index contributed by atoms with van der Waals surface area (Å²) in [5.41, 5.74) is 1.99. The summed E-state index contributed by atoms with van der Waals surface area (Å²) in [6, 6.07) is 9.54. The van der Waals surface area contributed by atoms with Crippen LogP contribution in [0.3, 0.4) is 0 Å². The molecule has 0 spiro atoms. The number of halogens is 1. The van der Waals surface area contributed by atoms with Gasteiger partial charge in [-0.25, -0.2) is 9.97 Å². The number of benzene rings is 1. The van der Waals surface area contributed by atoms with Gasteiger partial charge in [0, 0.05) is 18.2 Å². The second-order valence-electron chi connectivity index (χ2n) is 4.42. The van der Waals surface area contributed by atoms with Gasteiger partial charge in [0.15, 0.2) is 5.82 Å². The monoisotopic (exact) mass is 301 g/mol. The third-order valence-electron chi connectivity index (χ3n) is 2.84. The molecule has 3 aromatic rings. The Morgan fingerprint density at radius 1 is 1.19 bits per heavy atom. The SMILES string of the molecule is Cc1noc(-c2ccc(CNc3cc(Cl)ncn3)cc2)n1. The topological polar surface area (TPSA) is 76.7 Å². The molecule has 2 aromatic heterocycles. The zero-order valence-electron chi connectivity index (χ0n) is 11.2. The van der Waals surface area contributed by atoms with E-state index in [2.05, 4.69) is 25.4 Å². The molecule has 21 heavy (non-hydrogen) atoms. The van der Waals surface area contributed by atoms with Gasteiger partial charge in [-0.15, -0.1) is 0 Å². The summed E-state index contributed by atoms with van der Waals surface area (Å²) in [6.07, 6.45) is 1.42. The minimum absolute atomic E-state index is 0.412. The Hall–Kier alpha value is -2.47. The van der Waals surface area contributed by atoms with Crippen molar-refractivity contribution in [2.45, 2.75) is 13.5 Å². The van der Waals surface area contributed by atoms with Crippen LogP contribution in [0.5, 0.6) is 0 Å². The van der Waals surface area contributed by atoms with Crippen molar-refractivity contribution in [2.24, 2.45) is 0 Å². The van der Waals surface area contributed by atoms with Crippen molar-refractivity contribution in [1.29, 1.82) is 0 Å². The Bertz CT molecular complexity index is 741. The molecule has 1 aromatic carbocycles. The summed E-state index contributed by atoms with van der Waals surface area (Å²) in [7, 11) is 0. The molecule has 0 bridgehead atoms. The zero-order valence-corrected chi connectivity index (χ0v) is 12.0. The highest BCUT2D eigenvalue weighted by molar-refractivity contribution is 6.29. The molecule has 0 saturated heterocycles. The number of hydrogen-bond acceptors (Lipinski definition) is 6. The van der Waals surface area contributed by atoms with Gasteiger partial charge in [0.2, 0.25) is 0 Å². The molecule has 7 heteroatoms. The number of aromatic nitrogens is 4. The average Bonchev–Trinajstić information content (AvgIpc) is 2.92. The van der Waals surface area contributed by atoms with Gasteiger partial charge >= 0.3 is 0 Å². The van der Waals surface area contributed by atoms with E-state index in [4.69, 9.17) is 16.1 Å². The van der Waals surface area contributed by atoms with Gasteiger partial charge in [0.05, 0.1) is 0 Å². The molecular weight excluding hydrogens is 290 g/mol. The first-order valence-electron chi connectivity index (χ1n) is 6.32. The molecule has 6 nitrogen and oxygen atoms in total. The first kappa shape index (κ1) is 13.5. The number of hydrogen-bond donors (Lipinski definition) is 1. The van der Waals surface area contributed by atoms with Crippen LogP contribution in [-0.4, -0.2) is 20.1 Å². The van der Waals surface area contributed by atoms with Crippen molar-refractivity contribution < 1.29 is 4.52 Å². The fourth-order valence-corrected chi connectivity index (χ4v) is 1.95. The Morgan fingerprint density at radius 3 is 2.67 bits per heavy atom. The maximum absolute atomic E-state index is 5.80. The minimum Gasteiger partial charge on any atom is -0.366 e. The zero-order chi connectivity index (χ0) is 14.7. The molecule has 0 atom stereocenters. The lowest BCUT2D eigenvalue weighted by Gasteiger charge is -2.05. The van der Waals surface area contributed by atoms with Crippen LogP contribution in [0.4, 0.5) is 5.82 Å². The smallest absolute Gasteiger partial charge is 0.257 e. The fraction of sp³-hybridized carbons (Fsp3) is 0.143. The largest absolute Gasteiger partial charge is 0.366 e. The molecule has 1 N–H and O–H groups in total. The molecule has 3 rings (SSSR count). The summed E-state index contributed by atoms with van der Waals surface area (Å²) < 4.78 is 5.12. The number of nitrogens with one attached hydrogen (secondary N) is 1. The second-order valence-corrected chi connectivity index (χ2v) is 4.81. The van der Waals surface area contributed by atoms with Crippen LogP contribution in [0.2, 0.25) is 5.15 Å². The Kier molecular flexibility index (Phi) is 3.79. The van der Waals surface area contributed by atoms with E-state index < -0.39 is 0 Å². The molecule has 0 fully saturated rings. The van der Waals surface area contributed by atoms with Crippen molar-refractivity contribution in [3.05, 3.63) is 53.2 Å². The van der Waals surface area contributed by atoms with Crippen LogP contribution in [0, 0.1) is 6.92 Å². The van der Waals surface area contributed by atoms with Gasteiger partial charge in [-0.3, -0.25) is 0 Å². The van der Waals surface area contributed by atoms with Gasteiger partial charge in [-0.2, -0.15) is 4.98 Å². The molecule has 106 valence electrons. The molecule has 0 aliphatic carbocycles. The van der Waals surface area contributed by atoms with Crippen LogP contribution < -0.4 is 5.32 Å². The van der Waals surface area contributed by atoms with Crippen molar-refractivity contribution >= 4 is 17.4 Å². The van der Waals surface area contributed by atoms with Crippen molar-refractivity contribution in [2.75, 3.05) is 5.32 Å². The predicted molar refractivity (Wildman–Crippen MR) is 78.8 cm³/mol. The minimum atomic E-state index is 0.412. The lowest BCUT2D eigenvalue weighted by molar-refractivity contribution is 0.425. The van der Waals surface area contributed by atoms with Gasteiger partial charge in [0.25, 0.3) is 5.89 Å². The first-order chi connectivity index (χ1) is 10.2. The van der Waals surface area contributed by atoms with E-state index in [1.807, 2.05) is 24.3 Å². The lowest BCUT2D eigenvalue weighted by Crippen LogP contribution is -2.01. The number of aryl methyl sites for hydroxylation is 1. The van der Waals surface area contributed by atoms with Gasteiger partial charge in [0.1, 0.15) is 17.3 Å². The molecular formula is C14H12ClN5O. The number of anilines is 1. The van der Waals surface area contributed by atoms with E-state index in [9.17, 15) is 0 Å². The Labute approximate surface area is 126 Å². The summed E-state index contributed by atoms with van der Waals surface area (Å²) in [6.45, 7) is 2.43. The molecule has 0 amide bonds. The summed E-state index contributed by atoms with van der Waals surface area (Å²) in [4.78, 5) is 12.1. The highest BCUT2D eigenvalue weighted by atomic mass is 35.5. The van der Waals surface area contributed by atoms with E-state index in [0.717, 1.165) is 11.1 Å². The van der Waals surface area contributed by atoms with E-state index in [-0.39, 0.29) is 0 Å². The molecule has 0 radical (unpaired) electrons. The lowest BCUT2D eigenvalue weighted by atomic mass is 10.1. The summed E-state index contributed by atoms with van der Waals surface area (Å²) in [5, 5.41) is 7.36. The van der Waals surface area contributed by atoms with Crippen molar-refractivity contribution in [3.63, 3.8) is 0 Å². The van der Waals surface area contributed by atoms with E-state index in [1.165, 1.54) is 6.33 Å². The summed E-state index contributed by atoms with van der Waals surface area (Å²) in [5.74, 6) is 1.83. The summed E-state index contributed by atoms with van der Waals surface area (Å²) >= 11 is 5.80. The Morgan fingerprint density at radius 2 is 2.00 bits per heavy atom. The first-order valence-corrected chi connectivity index (χ1v) is 6.69. The van der Waals surface area contributed by atoms with Crippen molar-refractivity contribution in [3.8, 4) is 11.5 Å². The van der Waals surface area contributed by atoms with Gasteiger partial charge in [-0.1, -0.05) is 28.9 Å². The third kappa shape index (κ3) is 3.35. The third-order valence-corrected chi connectivity index (χ3v) is 3.04. The standard InChI is InChI=1S/C14H12ClN5O/c1-9-19-14(21-20-9)11-4-2-10(3-5-11)7-16-13-6-12(15)17-8-18-13/h2-6,8H,7H2,1H3,(H,16,17,18). The predicted octanol–water partition coefficient (Wildman–Crippen LogP) is 3.10. The van der Waals surface area contributed by atoms with E-state index in [1.54, 1.807) is 13.0 Å². The van der Waals surface area contributed by atoms with Crippen LogP contribution in [0.1, 0.15) is 11.4 Å². The van der Waals surface area contributed by atoms with Crippen LogP contribution in [0.25, 0.3) is 11.5 Å². The Balaban J connectivity index is 1.67. The molecule has 0 aliphatic heterocycles. The maximum Gasteiger partial charge on any atom is 0.257 e. The second kappa shape index (κ2) is 5.88. The van der Waals surface area contributed by atoms with E-state index in [0.29, 0.717) is 29.2 Å². The fourth-order valence-electron chi connectivity index (χ4n) is 1.80. The molecule has 0 saturated carbocycles.